The van der Waals surface area contributed by atoms with Crippen LogP contribution in [0.5, 0.6) is 0 Å². The third-order valence-electron chi connectivity index (χ3n) is 2.28. The molecule has 17 heavy (non-hydrogen) atoms. The van der Waals surface area contributed by atoms with Crippen LogP contribution >= 0.6 is 11.6 Å². The lowest BCUT2D eigenvalue weighted by molar-refractivity contribution is 0.0953. The van der Waals surface area contributed by atoms with Gasteiger partial charge in [-0.1, -0.05) is 28.9 Å². The van der Waals surface area contributed by atoms with Crippen LogP contribution in [0.2, 0.25) is 5.02 Å². The second kappa shape index (κ2) is 5.50. The summed E-state index contributed by atoms with van der Waals surface area (Å²) in [5.74, 6) is -0.187. The van der Waals surface area contributed by atoms with Crippen LogP contribution in [0.25, 0.3) is 0 Å². The van der Waals surface area contributed by atoms with Gasteiger partial charge in [0.25, 0.3) is 5.91 Å². The third-order valence-corrected chi connectivity index (χ3v) is 2.52. The maximum Gasteiger partial charge on any atom is 0.256 e. The van der Waals surface area contributed by atoms with Gasteiger partial charge in [-0.3, -0.25) is 4.79 Å². The van der Waals surface area contributed by atoms with Crippen LogP contribution in [0, 0.1) is 0 Å². The molecule has 0 aliphatic rings. The molecule has 0 saturated carbocycles. The summed E-state index contributed by atoms with van der Waals surface area (Å²) < 4.78 is 4.59. The first-order valence-electron chi connectivity index (χ1n) is 5.18. The fourth-order valence-corrected chi connectivity index (χ4v) is 1.64. The lowest BCUT2D eigenvalue weighted by Gasteiger charge is -2.03. The second-order valence-electron chi connectivity index (χ2n) is 3.55. The van der Waals surface area contributed by atoms with E-state index in [4.69, 9.17) is 11.6 Å². The van der Waals surface area contributed by atoms with E-state index < -0.39 is 0 Å². The molecule has 0 radical (unpaired) electrons. The summed E-state index contributed by atoms with van der Waals surface area (Å²) in [7, 11) is 0. The van der Waals surface area contributed by atoms with Crippen molar-refractivity contribution < 1.29 is 9.32 Å². The van der Waals surface area contributed by atoms with Crippen molar-refractivity contribution in [1.82, 2.24) is 10.5 Å². The van der Waals surface area contributed by atoms with E-state index in [-0.39, 0.29) is 5.91 Å². The van der Waals surface area contributed by atoms with Gasteiger partial charge in [0.2, 0.25) is 0 Å². The first-order chi connectivity index (χ1) is 8.25. The highest BCUT2D eigenvalue weighted by Crippen LogP contribution is 2.10. The normalized spacial score (nSPS) is 10.2. The van der Waals surface area contributed by atoms with E-state index in [1.54, 1.807) is 0 Å². The van der Waals surface area contributed by atoms with Gasteiger partial charge in [0.1, 0.15) is 6.26 Å². The molecule has 2 aromatic rings. The highest BCUT2D eigenvalue weighted by molar-refractivity contribution is 6.30. The standard InChI is InChI=1S/C12H11ClN2O2/c13-11-3-1-2-9(6-11)4-5-14-12(16)10-7-15-17-8-10/h1-3,6-8H,4-5H2,(H,14,16). The van der Waals surface area contributed by atoms with Crippen LogP contribution in [0.15, 0.2) is 41.2 Å². The number of hydrogen-bond donors (Lipinski definition) is 1. The Bertz CT molecular complexity index is 497. The monoisotopic (exact) mass is 250 g/mol. The average molecular weight is 251 g/mol. The summed E-state index contributed by atoms with van der Waals surface area (Å²) >= 11 is 5.86. The Morgan fingerprint density at radius 2 is 2.35 bits per heavy atom. The highest BCUT2D eigenvalue weighted by Gasteiger charge is 2.06. The number of rotatable bonds is 4. The maximum absolute atomic E-state index is 11.5. The number of carbonyl (C=O) groups is 1. The molecule has 1 aromatic carbocycles. The number of nitrogens with one attached hydrogen (secondary N) is 1. The van der Waals surface area contributed by atoms with E-state index in [0.29, 0.717) is 17.1 Å². The largest absolute Gasteiger partial charge is 0.364 e. The number of nitrogens with zero attached hydrogens (tertiary/aromatic N) is 1. The van der Waals surface area contributed by atoms with E-state index in [9.17, 15) is 4.79 Å². The molecule has 0 unspecified atom stereocenters. The Kier molecular flexibility index (Phi) is 3.77. The first-order valence-corrected chi connectivity index (χ1v) is 5.55. The zero-order valence-corrected chi connectivity index (χ0v) is 9.78. The molecular weight excluding hydrogens is 240 g/mol. The van der Waals surface area contributed by atoms with Crippen LogP contribution in [0.4, 0.5) is 0 Å². The molecule has 0 saturated heterocycles. The van der Waals surface area contributed by atoms with Gasteiger partial charge in [0, 0.05) is 11.6 Å². The average Bonchev–Trinajstić information content (AvgIpc) is 2.82. The van der Waals surface area contributed by atoms with Gasteiger partial charge in [0.05, 0.1) is 11.8 Å². The fraction of sp³-hybridized carbons (Fsp3) is 0.167. The lowest BCUT2D eigenvalue weighted by Crippen LogP contribution is -2.25. The Labute approximate surface area is 104 Å². The van der Waals surface area contributed by atoms with Gasteiger partial charge in [-0.25, -0.2) is 0 Å². The van der Waals surface area contributed by atoms with Crippen molar-refractivity contribution in [2.75, 3.05) is 6.54 Å². The minimum Gasteiger partial charge on any atom is -0.364 e. The molecule has 1 N–H and O–H groups in total. The molecule has 4 nitrogen and oxygen atoms in total. The highest BCUT2D eigenvalue weighted by atomic mass is 35.5. The van der Waals surface area contributed by atoms with E-state index in [1.165, 1.54) is 12.5 Å². The first kappa shape index (κ1) is 11.7. The van der Waals surface area contributed by atoms with Crippen LogP contribution in [0.1, 0.15) is 15.9 Å². The fourth-order valence-electron chi connectivity index (χ4n) is 1.43. The summed E-state index contributed by atoms with van der Waals surface area (Å²) in [5.41, 5.74) is 1.51. The topological polar surface area (TPSA) is 55.1 Å². The van der Waals surface area contributed by atoms with Crippen molar-refractivity contribution in [2.45, 2.75) is 6.42 Å². The molecule has 5 heteroatoms. The molecule has 1 heterocycles. The maximum atomic E-state index is 11.5. The quantitative estimate of drug-likeness (QED) is 0.906. The Morgan fingerprint density at radius 1 is 1.47 bits per heavy atom. The number of aromatic nitrogens is 1. The molecule has 0 fully saturated rings. The van der Waals surface area contributed by atoms with Crippen molar-refractivity contribution >= 4 is 17.5 Å². The molecular formula is C12H11ClN2O2. The molecule has 2 rings (SSSR count). The molecule has 0 spiro atoms. The minimum atomic E-state index is -0.187. The van der Waals surface area contributed by atoms with Crippen LogP contribution < -0.4 is 5.32 Å². The second-order valence-corrected chi connectivity index (χ2v) is 3.99. The number of amides is 1. The Hall–Kier alpha value is -1.81. The van der Waals surface area contributed by atoms with Crippen LogP contribution in [0.3, 0.4) is 0 Å². The summed E-state index contributed by atoms with van der Waals surface area (Å²) in [6, 6.07) is 7.56. The molecule has 0 aliphatic carbocycles. The van der Waals surface area contributed by atoms with Crippen molar-refractivity contribution in [3.63, 3.8) is 0 Å². The summed E-state index contributed by atoms with van der Waals surface area (Å²) in [5, 5.41) is 6.94. The van der Waals surface area contributed by atoms with Crippen molar-refractivity contribution in [2.24, 2.45) is 0 Å². The Balaban J connectivity index is 1.82. The number of benzene rings is 1. The van der Waals surface area contributed by atoms with Crippen molar-refractivity contribution in [3.8, 4) is 0 Å². The van der Waals surface area contributed by atoms with Gasteiger partial charge in [-0.15, -0.1) is 0 Å². The number of carbonyl (C=O) groups excluding carboxylic acids is 1. The van der Waals surface area contributed by atoms with E-state index >= 15 is 0 Å². The van der Waals surface area contributed by atoms with Crippen molar-refractivity contribution in [3.05, 3.63) is 52.9 Å². The molecule has 1 amide bonds. The predicted molar refractivity (Wildman–Crippen MR) is 64.0 cm³/mol. The third kappa shape index (κ3) is 3.32. The van der Waals surface area contributed by atoms with Gasteiger partial charge in [-0.05, 0) is 24.1 Å². The van der Waals surface area contributed by atoms with Gasteiger partial charge in [0.15, 0.2) is 0 Å². The van der Waals surface area contributed by atoms with Crippen LogP contribution in [-0.4, -0.2) is 17.6 Å². The van der Waals surface area contributed by atoms with Gasteiger partial charge < -0.3 is 9.84 Å². The molecule has 0 aliphatic heterocycles. The zero-order valence-electron chi connectivity index (χ0n) is 9.02. The molecule has 0 bridgehead atoms. The molecule has 88 valence electrons. The van der Waals surface area contributed by atoms with Crippen LogP contribution in [-0.2, 0) is 6.42 Å². The lowest BCUT2D eigenvalue weighted by atomic mass is 10.1. The predicted octanol–water partition coefficient (Wildman–Crippen LogP) is 2.30. The van der Waals surface area contributed by atoms with E-state index in [1.807, 2.05) is 24.3 Å². The smallest absolute Gasteiger partial charge is 0.256 e. The van der Waals surface area contributed by atoms with Gasteiger partial charge >= 0.3 is 0 Å². The van der Waals surface area contributed by atoms with Crippen molar-refractivity contribution in [1.29, 1.82) is 0 Å². The van der Waals surface area contributed by atoms with E-state index in [2.05, 4.69) is 15.0 Å². The molecule has 1 aromatic heterocycles. The van der Waals surface area contributed by atoms with E-state index in [0.717, 1.165) is 12.0 Å². The number of hydrogen-bond acceptors (Lipinski definition) is 3. The Morgan fingerprint density at radius 3 is 3.06 bits per heavy atom. The summed E-state index contributed by atoms with van der Waals surface area (Å²) in [6.07, 6.45) is 3.43. The molecule has 0 atom stereocenters. The summed E-state index contributed by atoms with van der Waals surface area (Å²) in [4.78, 5) is 11.5. The SMILES string of the molecule is O=C(NCCc1cccc(Cl)c1)c1cnoc1. The van der Waals surface area contributed by atoms with Gasteiger partial charge in [-0.2, -0.15) is 0 Å². The summed E-state index contributed by atoms with van der Waals surface area (Å²) in [6.45, 7) is 0.546. The number of halogens is 1. The minimum absolute atomic E-state index is 0.187. The zero-order chi connectivity index (χ0) is 12.1.